The largest absolute Gasteiger partial charge is 0.491 e. The van der Waals surface area contributed by atoms with Crippen molar-refractivity contribution in [1.29, 1.82) is 0 Å². The second-order valence-corrected chi connectivity index (χ2v) is 13.8. The molecule has 0 spiro atoms. The number of rotatable bonds is 50. The molecule has 0 bridgehead atoms. The summed E-state index contributed by atoms with van der Waals surface area (Å²) in [6.07, 6.45) is 15.4. The van der Waals surface area contributed by atoms with Gasteiger partial charge in [-0.15, -0.1) is 0 Å². The minimum absolute atomic E-state index is 0.512. The fraction of sp³-hybridized carbons (Fsp3) is 0.867. The van der Waals surface area contributed by atoms with Gasteiger partial charge in [-0.3, -0.25) is 0 Å². The third-order valence-electron chi connectivity index (χ3n) is 8.72. The summed E-state index contributed by atoms with van der Waals surface area (Å²) in [4.78, 5) is 0. The summed E-state index contributed by atoms with van der Waals surface area (Å²) in [7, 11) is 0. The Morgan fingerprint density at radius 3 is 0.845 bits per heavy atom. The molecule has 0 aliphatic rings. The van der Waals surface area contributed by atoms with E-state index < -0.39 is 0 Å². The molecule has 1 aromatic carbocycles. The highest BCUT2D eigenvalue weighted by Gasteiger charge is 2.00. The van der Waals surface area contributed by atoms with Crippen LogP contribution in [0.1, 0.15) is 90.0 Å². The molecule has 0 saturated carbocycles. The molecule has 58 heavy (non-hydrogen) atoms. The smallest absolute Gasteiger partial charge is 0.119 e. The molecule has 0 N–H and O–H groups in total. The summed E-state index contributed by atoms with van der Waals surface area (Å²) < 4.78 is 72.1. The van der Waals surface area contributed by atoms with Crippen LogP contribution in [0.3, 0.4) is 0 Å². The van der Waals surface area contributed by atoms with Gasteiger partial charge in [-0.25, -0.2) is 0 Å². The van der Waals surface area contributed by atoms with Crippen LogP contribution in [-0.4, -0.2) is 165 Å². The quantitative estimate of drug-likeness (QED) is 0.0620. The highest BCUT2D eigenvalue weighted by molar-refractivity contribution is 5.27. The van der Waals surface area contributed by atoms with Gasteiger partial charge in [0.05, 0.1) is 152 Å². The summed E-state index contributed by atoms with van der Waals surface area (Å²) in [6.45, 7) is 18.1. The summed E-state index contributed by atoms with van der Waals surface area (Å²) >= 11 is 0. The molecule has 342 valence electrons. The minimum Gasteiger partial charge on any atom is -0.491 e. The number of hydrogen-bond donors (Lipinski definition) is 0. The molecule has 13 heteroatoms. The molecule has 1 rings (SSSR count). The van der Waals surface area contributed by atoms with Gasteiger partial charge in [0.15, 0.2) is 0 Å². The second-order valence-electron chi connectivity index (χ2n) is 13.8. The molecule has 0 radical (unpaired) electrons. The maximum atomic E-state index is 5.79. The summed E-state index contributed by atoms with van der Waals surface area (Å²) in [6, 6.07) is 8.46. The van der Waals surface area contributed by atoms with Gasteiger partial charge in [0, 0.05) is 6.61 Å². The zero-order chi connectivity index (χ0) is 41.3. The molecule has 0 saturated heterocycles. The van der Waals surface area contributed by atoms with Crippen molar-refractivity contribution in [2.75, 3.05) is 165 Å². The normalized spacial score (nSPS) is 11.6. The lowest BCUT2D eigenvalue weighted by Gasteiger charge is -2.09. The Morgan fingerprint density at radius 1 is 0.259 bits per heavy atom. The van der Waals surface area contributed by atoms with E-state index in [-0.39, 0.29) is 0 Å². The van der Waals surface area contributed by atoms with E-state index in [1.165, 1.54) is 69.8 Å². The van der Waals surface area contributed by atoms with E-state index in [1.54, 1.807) is 0 Å². The van der Waals surface area contributed by atoms with E-state index in [4.69, 9.17) is 61.6 Å². The number of ether oxygens (including phenoxy) is 13. The third-order valence-corrected chi connectivity index (χ3v) is 8.72. The summed E-state index contributed by atoms with van der Waals surface area (Å²) in [5.41, 5.74) is 1.38. The van der Waals surface area contributed by atoms with E-state index in [0.29, 0.717) is 159 Å². The van der Waals surface area contributed by atoms with Gasteiger partial charge < -0.3 is 61.6 Å². The molecule has 0 aromatic heterocycles. The van der Waals surface area contributed by atoms with Gasteiger partial charge in [0.25, 0.3) is 0 Å². The van der Waals surface area contributed by atoms with Crippen molar-refractivity contribution < 1.29 is 61.6 Å². The Kier molecular flexibility index (Phi) is 45.3. The monoisotopic (exact) mass is 833 g/mol. The lowest BCUT2D eigenvalue weighted by atomic mass is 10.0. The second kappa shape index (κ2) is 48.2. The average molecular weight is 833 g/mol. The number of aryl methyl sites for hydroxylation is 1. The molecule has 0 aliphatic carbocycles. The SMILES string of the molecule is CCCCCCCCCc1ccc(OCCOCCOCCOCCOCCOCCOCCOCCOCCOCCOCCOCCOCCCCCC)cc1. The first-order chi connectivity index (χ1) is 28.9. The van der Waals surface area contributed by atoms with Crippen LogP contribution in [0.5, 0.6) is 5.75 Å². The van der Waals surface area contributed by atoms with Crippen LogP contribution in [0.15, 0.2) is 24.3 Å². The molecule has 13 nitrogen and oxygen atoms in total. The van der Waals surface area contributed by atoms with Crippen molar-refractivity contribution in [2.45, 2.75) is 90.9 Å². The van der Waals surface area contributed by atoms with E-state index in [0.717, 1.165) is 25.2 Å². The van der Waals surface area contributed by atoms with Gasteiger partial charge in [-0.1, -0.05) is 83.8 Å². The maximum absolute atomic E-state index is 5.79. The first-order valence-electron chi connectivity index (χ1n) is 22.5. The van der Waals surface area contributed by atoms with E-state index >= 15 is 0 Å². The van der Waals surface area contributed by atoms with E-state index in [1.807, 2.05) is 0 Å². The zero-order valence-corrected chi connectivity index (χ0v) is 36.8. The van der Waals surface area contributed by atoms with Crippen LogP contribution < -0.4 is 4.74 Å². The molecule has 0 fully saturated rings. The fourth-order valence-electron chi connectivity index (χ4n) is 5.41. The van der Waals surface area contributed by atoms with E-state index in [2.05, 4.69) is 38.1 Å². The molecular weight excluding hydrogens is 748 g/mol. The fourth-order valence-corrected chi connectivity index (χ4v) is 5.41. The number of hydrogen-bond acceptors (Lipinski definition) is 13. The Morgan fingerprint density at radius 2 is 0.517 bits per heavy atom. The van der Waals surface area contributed by atoms with Crippen molar-refractivity contribution in [3.63, 3.8) is 0 Å². The van der Waals surface area contributed by atoms with Crippen LogP contribution in [-0.2, 0) is 63.3 Å². The molecule has 0 heterocycles. The molecule has 0 atom stereocenters. The molecule has 0 unspecified atom stereocenters. The topological polar surface area (TPSA) is 120 Å². The maximum Gasteiger partial charge on any atom is 0.119 e. The van der Waals surface area contributed by atoms with Crippen molar-refractivity contribution in [3.05, 3.63) is 29.8 Å². The predicted molar refractivity (Wildman–Crippen MR) is 228 cm³/mol. The predicted octanol–water partition coefficient (Wildman–Crippen LogP) is 7.14. The first-order valence-corrected chi connectivity index (χ1v) is 22.5. The van der Waals surface area contributed by atoms with Gasteiger partial charge in [0.2, 0.25) is 0 Å². The lowest BCUT2D eigenvalue weighted by Crippen LogP contribution is -2.15. The Balaban J connectivity index is 1.66. The van der Waals surface area contributed by atoms with Gasteiger partial charge in [-0.05, 0) is 37.0 Å². The van der Waals surface area contributed by atoms with Gasteiger partial charge in [-0.2, -0.15) is 0 Å². The van der Waals surface area contributed by atoms with Crippen molar-refractivity contribution in [2.24, 2.45) is 0 Å². The molecular formula is C45H84O13. The summed E-state index contributed by atoms with van der Waals surface area (Å²) in [5, 5.41) is 0. The van der Waals surface area contributed by atoms with Crippen LogP contribution >= 0.6 is 0 Å². The molecule has 1 aromatic rings. The van der Waals surface area contributed by atoms with Crippen LogP contribution in [0, 0.1) is 0 Å². The number of benzene rings is 1. The Bertz CT molecular complexity index is 896. The van der Waals surface area contributed by atoms with Crippen molar-refractivity contribution >= 4 is 0 Å². The Hall–Kier alpha value is -1.46. The van der Waals surface area contributed by atoms with Crippen LogP contribution in [0.2, 0.25) is 0 Å². The summed E-state index contributed by atoms with van der Waals surface area (Å²) in [5.74, 6) is 0.887. The van der Waals surface area contributed by atoms with Gasteiger partial charge >= 0.3 is 0 Å². The first kappa shape index (κ1) is 54.6. The van der Waals surface area contributed by atoms with E-state index in [9.17, 15) is 0 Å². The molecule has 0 aliphatic heterocycles. The van der Waals surface area contributed by atoms with Crippen molar-refractivity contribution in [1.82, 2.24) is 0 Å². The molecule has 0 amide bonds. The van der Waals surface area contributed by atoms with Gasteiger partial charge in [0.1, 0.15) is 12.4 Å². The standard InChI is InChI=1S/C45H84O13/c1-3-5-7-9-10-11-12-14-44-15-17-45(18-16-44)58-43-42-57-41-40-56-39-38-55-37-36-54-35-34-53-33-32-52-31-30-51-29-28-50-27-26-49-25-24-48-23-22-47-21-20-46-19-13-8-6-4-2/h15-18H,3-14,19-43H2,1-2H3. The minimum atomic E-state index is 0.512. The lowest BCUT2D eigenvalue weighted by molar-refractivity contribution is -0.0285. The number of unbranched alkanes of at least 4 members (excludes halogenated alkanes) is 9. The van der Waals surface area contributed by atoms with Crippen molar-refractivity contribution in [3.8, 4) is 5.75 Å². The highest BCUT2D eigenvalue weighted by atomic mass is 16.6. The van der Waals surface area contributed by atoms with Crippen LogP contribution in [0.4, 0.5) is 0 Å². The average Bonchev–Trinajstić information content (AvgIpc) is 3.24. The third kappa shape index (κ3) is 42.7. The highest BCUT2D eigenvalue weighted by Crippen LogP contribution is 2.15. The Labute approximate surface area is 352 Å². The zero-order valence-electron chi connectivity index (χ0n) is 36.8. The van der Waals surface area contributed by atoms with Crippen LogP contribution in [0.25, 0.3) is 0 Å².